The largest absolute Gasteiger partial charge is 0.322 e. The number of benzene rings is 3. The molecule has 0 saturated heterocycles. The first kappa shape index (κ1) is 22.5. The average molecular weight is 502 g/mol. The van der Waals surface area contributed by atoms with Crippen LogP contribution in [0.4, 0.5) is 10.8 Å². The summed E-state index contributed by atoms with van der Waals surface area (Å²) >= 11 is 1.19. The number of aromatic nitrogens is 3. The Morgan fingerprint density at radius 2 is 1.57 bits per heavy atom. The van der Waals surface area contributed by atoms with Gasteiger partial charge in [-0.2, -0.15) is 5.10 Å². The van der Waals surface area contributed by atoms with Crippen LogP contribution in [0.25, 0.3) is 16.9 Å². The molecular formula is C25H19N5O3S2. The first-order chi connectivity index (χ1) is 17.0. The molecule has 35 heavy (non-hydrogen) atoms. The highest BCUT2D eigenvalue weighted by Gasteiger charge is 2.20. The number of thiazole rings is 1. The smallest absolute Gasteiger partial charge is 0.263 e. The quantitative estimate of drug-likeness (QED) is 0.325. The van der Waals surface area contributed by atoms with Crippen molar-refractivity contribution in [2.75, 3.05) is 10.0 Å². The molecule has 0 bridgehead atoms. The van der Waals surface area contributed by atoms with Crippen molar-refractivity contribution >= 4 is 38.1 Å². The van der Waals surface area contributed by atoms with Crippen LogP contribution >= 0.6 is 11.3 Å². The highest BCUT2D eigenvalue weighted by molar-refractivity contribution is 7.93. The zero-order valence-corrected chi connectivity index (χ0v) is 19.8. The van der Waals surface area contributed by atoms with Crippen molar-refractivity contribution < 1.29 is 13.2 Å². The van der Waals surface area contributed by atoms with Crippen LogP contribution in [-0.4, -0.2) is 29.1 Å². The summed E-state index contributed by atoms with van der Waals surface area (Å²) in [5.41, 5.74) is 3.02. The third kappa shape index (κ3) is 4.98. The highest BCUT2D eigenvalue weighted by Crippen LogP contribution is 2.25. The van der Waals surface area contributed by atoms with Gasteiger partial charge in [-0.1, -0.05) is 48.5 Å². The number of sulfonamides is 1. The van der Waals surface area contributed by atoms with E-state index in [1.54, 1.807) is 16.3 Å². The van der Waals surface area contributed by atoms with Crippen molar-refractivity contribution in [3.8, 4) is 16.9 Å². The lowest BCUT2D eigenvalue weighted by Gasteiger charge is -2.08. The molecule has 0 spiro atoms. The summed E-state index contributed by atoms with van der Waals surface area (Å²) in [5.74, 6) is -0.359. The molecule has 5 rings (SSSR count). The van der Waals surface area contributed by atoms with E-state index in [1.165, 1.54) is 41.8 Å². The minimum atomic E-state index is -3.78. The number of carbonyl (C=O) groups is 1. The number of anilines is 2. The predicted molar refractivity (Wildman–Crippen MR) is 136 cm³/mol. The third-order valence-electron chi connectivity index (χ3n) is 5.10. The van der Waals surface area contributed by atoms with E-state index >= 15 is 0 Å². The average Bonchev–Trinajstić information content (AvgIpc) is 3.55. The minimum Gasteiger partial charge on any atom is -0.322 e. The Labute approximate surface area is 206 Å². The molecular weight excluding hydrogens is 482 g/mol. The first-order valence-electron chi connectivity index (χ1n) is 10.5. The summed E-state index contributed by atoms with van der Waals surface area (Å²) in [6.07, 6.45) is 3.20. The zero-order chi connectivity index (χ0) is 24.3. The normalized spacial score (nSPS) is 11.2. The van der Waals surface area contributed by atoms with E-state index in [4.69, 9.17) is 0 Å². The molecule has 0 radical (unpaired) electrons. The molecule has 0 atom stereocenters. The number of nitrogens with zero attached hydrogens (tertiary/aromatic N) is 3. The number of para-hydroxylation sites is 1. The standard InChI is InChI=1S/C25H19N5O3S2/c31-24(27-19-11-13-21(14-12-19)35(32,33)29-25-26-15-16-34-25)22-17-30(20-9-5-2-6-10-20)28-23(22)18-7-3-1-4-8-18/h1-17H,(H,26,29)(H,27,31). The zero-order valence-electron chi connectivity index (χ0n) is 18.2. The summed E-state index contributed by atoms with van der Waals surface area (Å²) in [7, 11) is -3.78. The molecule has 0 aliphatic heterocycles. The molecule has 2 heterocycles. The van der Waals surface area contributed by atoms with E-state index in [2.05, 4.69) is 20.1 Å². The van der Waals surface area contributed by atoms with Crippen molar-refractivity contribution in [2.45, 2.75) is 4.90 Å². The van der Waals surface area contributed by atoms with E-state index in [0.29, 0.717) is 16.9 Å². The summed E-state index contributed by atoms with van der Waals surface area (Å²) in [6, 6.07) is 24.9. The van der Waals surface area contributed by atoms with E-state index in [0.717, 1.165) is 11.3 Å². The van der Waals surface area contributed by atoms with Gasteiger partial charge < -0.3 is 5.32 Å². The maximum Gasteiger partial charge on any atom is 0.263 e. The van der Waals surface area contributed by atoms with E-state index < -0.39 is 10.0 Å². The summed E-state index contributed by atoms with van der Waals surface area (Å²) in [5, 5.41) is 9.46. The Bertz CT molecular complexity index is 1550. The summed E-state index contributed by atoms with van der Waals surface area (Å²) in [4.78, 5) is 17.2. The highest BCUT2D eigenvalue weighted by atomic mass is 32.2. The second-order valence-electron chi connectivity index (χ2n) is 7.46. The molecule has 2 aromatic heterocycles. The molecule has 2 N–H and O–H groups in total. The fraction of sp³-hybridized carbons (Fsp3) is 0. The predicted octanol–water partition coefficient (Wildman–Crippen LogP) is 5.05. The van der Waals surface area contributed by atoms with Crippen LogP contribution in [0.2, 0.25) is 0 Å². The van der Waals surface area contributed by atoms with Crippen molar-refractivity contribution in [1.29, 1.82) is 0 Å². The SMILES string of the molecule is O=C(Nc1ccc(S(=O)(=O)Nc2nccs2)cc1)c1cn(-c2ccccc2)nc1-c1ccccc1. The van der Waals surface area contributed by atoms with Crippen LogP contribution in [0.3, 0.4) is 0 Å². The number of hydrogen-bond donors (Lipinski definition) is 2. The van der Waals surface area contributed by atoms with Gasteiger partial charge in [-0.05, 0) is 36.4 Å². The van der Waals surface area contributed by atoms with Gasteiger partial charge in [0.05, 0.1) is 16.1 Å². The number of hydrogen-bond acceptors (Lipinski definition) is 6. The molecule has 3 aromatic carbocycles. The number of nitrogens with one attached hydrogen (secondary N) is 2. The monoisotopic (exact) mass is 501 g/mol. The molecule has 10 heteroatoms. The Balaban J connectivity index is 1.41. The van der Waals surface area contributed by atoms with Crippen LogP contribution in [0, 0.1) is 0 Å². The summed E-state index contributed by atoms with van der Waals surface area (Å²) in [6.45, 7) is 0. The van der Waals surface area contributed by atoms with Gasteiger partial charge in [0.25, 0.3) is 15.9 Å². The topological polar surface area (TPSA) is 106 Å². The number of carbonyl (C=O) groups excluding carboxylic acids is 1. The fourth-order valence-electron chi connectivity index (χ4n) is 3.43. The van der Waals surface area contributed by atoms with Gasteiger partial charge in [-0.25, -0.2) is 18.1 Å². The van der Waals surface area contributed by atoms with Crippen molar-refractivity contribution in [2.24, 2.45) is 0 Å². The van der Waals surface area contributed by atoms with Crippen LogP contribution in [0.1, 0.15) is 10.4 Å². The molecule has 0 aliphatic carbocycles. The van der Waals surface area contributed by atoms with Crippen molar-refractivity contribution in [3.63, 3.8) is 0 Å². The van der Waals surface area contributed by atoms with E-state index in [9.17, 15) is 13.2 Å². The number of amides is 1. The maximum atomic E-state index is 13.2. The molecule has 0 unspecified atom stereocenters. The maximum absolute atomic E-state index is 13.2. The van der Waals surface area contributed by atoms with Crippen molar-refractivity contribution in [1.82, 2.24) is 14.8 Å². The van der Waals surface area contributed by atoms with Crippen LogP contribution in [-0.2, 0) is 10.0 Å². The van der Waals surface area contributed by atoms with E-state index in [1.807, 2.05) is 60.7 Å². The van der Waals surface area contributed by atoms with Gasteiger partial charge in [-0.15, -0.1) is 11.3 Å². The third-order valence-corrected chi connectivity index (χ3v) is 7.28. The lowest BCUT2D eigenvalue weighted by molar-refractivity contribution is 0.102. The molecule has 5 aromatic rings. The lowest BCUT2D eigenvalue weighted by atomic mass is 10.1. The van der Waals surface area contributed by atoms with Crippen LogP contribution < -0.4 is 10.0 Å². The van der Waals surface area contributed by atoms with Gasteiger partial charge in [0.1, 0.15) is 5.69 Å². The van der Waals surface area contributed by atoms with Gasteiger partial charge in [0.2, 0.25) is 0 Å². The minimum absolute atomic E-state index is 0.0626. The Morgan fingerprint density at radius 3 is 2.23 bits per heavy atom. The van der Waals surface area contributed by atoms with Crippen molar-refractivity contribution in [3.05, 3.63) is 108 Å². The molecule has 0 fully saturated rings. The first-order valence-corrected chi connectivity index (χ1v) is 12.9. The second kappa shape index (κ2) is 9.53. The van der Waals surface area contributed by atoms with Crippen LogP contribution in [0.15, 0.2) is 108 Å². The second-order valence-corrected chi connectivity index (χ2v) is 10.0. The number of rotatable bonds is 7. The molecule has 174 valence electrons. The van der Waals surface area contributed by atoms with E-state index in [-0.39, 0.29) is 15.9 Å². The molecule has 8 nitrogen and oxygen atoms in total. The van der Waals surface area contributed by atoms with Gasteiger partial charge >= 0.3 is 0 Å². The molecule has 0 saturated carbocycles. The Kier molecular flexibility index (Phi) is 6.13. The van der Waals surface area contributed by atoms with Gasteiger partial charge in [-0.3, -0.25) is 9.52 Å². The molecule has 0 aliphatic rings. The summed E-state index contributed by atoms with van der Waals surface area (Å²) < 4.78 is 29.2. The Morgan fingerprint density at radius 1 is 0.886 bits per heavy atom. The fourth-order valence-corrected chi connectivity index (χ4v) is 5.21. The lowest BCUT2D eigenvalue weighted by Crippen LogP contribution is -2.14. The Hall–Kier alpha value is -4.28. The van der Waals surface area contributed by atoms with Gasteiger partial charge in [0.15, 0.2) is 5.13 Å². The molecule has 1 amide bonds. The van der Waals surface area contributed by atoms with Gasteiger partial charge in [0, 0.05) is 29.0 Å². The van der Waals surface area contributed by atoms with Crippen LogP contribution in [0.5, 0.6) is 0 Å².